The molecular weight excluding hydrogens is 335 g/mol. The van der Waals surface area contributed by atoms with E-state index in [0.29, 0.717) is 6.54 Å². The number of nitrogens with zero attached hydrogens (tertiary/aromatic N) is 2. The lowest BCUT2D eigenvalue weighted by molar-refractivity contribution is 0.0728. The van der Waals surface area contributed by atoms with Crippen LogP contribution >= 0.6 is 15.9 Å². The standard InChI is InChI=1S/C16H14BrFN2O/c17-12-5-1-4-11(10-12)14-7-3-9-20(14)16(21)13-6-2-8-15(18)19-13/h1-2,4-6,8,10,14H,3,7,9H2. The van der Waals surface area contributed by atoms with Crippen molar-refractivity contribution in [1.82, 2.24) is 9.88 Å². The fourth-order valence-corrected chi connectivity index (χ4v) is 3.16. The summed E-state index contributed by atoms with van der Waals surface area (Å²) in [5.74, 6) is -0.837. The molecule has 3 nitrogen and oxygen atoms in total. The van der Waals surface area contributed by atoms with Gasteiger partial charge in [-0.2, -0.15) is 4.39 Å². The van der Waals surface area contributed by atoms with Gasteiger partial charge in [0.05, 0.1) is 6.04 Å². The van der Waals surface area contributed by atoms with Gasteiger partial charge in [0, 0.05) is 11.0 Å². The molecule has 0 radical (unpaired) electrons. The lowest BCUT2D eigenvalue weighted by atomic mass is 10.0. The molecule has 0 aliphatic carbocycles. The van der Waals surface area contributed by atoms with Crippen LogP contribution in [0.5, 0.6) is 0 Å². The largest absolute Gasteiger partial charge is 0.330 e. The van der Waals surface area contributed by atoms with Gasteiger partial charge < -0.3 is 4.90 Å². The molecule has 21 heavy (non-hydrogen) atoms. The molecule has 1 amide bonds. The van der Waals surface area contributed by atoms with E-state index < -0.39 is 5.95 Å². The molecule has 1 aliphatic rings. The van der Waals surface area contributed by atoms with Crippen molar-refractivity contribution >= 4 is 21.8 Å². The van der Waals surface area contributed by atoms with Crippen LogP contribution < -0.4 is 0 Å². The fourth-order valence-electron chi connectivity index (χ4n) is 2.74. The van der Waals surface area contributed by atoms with Crippen molar-refractivity contribution in [3.05, 3.63) is 64.1 Å². The molecule has 3 rings (SSSR count). The number of hydrogen-bond acceptors (Lipinski definition) is 2. The van der Waals surface area contributed by atoms with Gasteiger partial charge in [-0.25, -0.2) is 4.98 Å². The maximum absolute atomic E-state index is 13.2. The summed E-state index contributed by atoms with van der Waals surface area (Å²) in [5.41, 5.74) is 1.25. The van der Waals surface area contributed by atoms with Crippen molar-refractivity contribution in [3.63, 3.8) is 0 Å². The Bertz CT molecular complexity index is 677. The highest BCUT2D eigenvalue weighted by atomic mass is 79.9. The number of amides is 1. The van der Waals surface area contributed by atoms with Gasteiger partial charge in [-0.15, -0.1) is 0 Å². The Balaban J connectivity index is 1.89. The maximum atomic E-state index is 13.2. The maximum Gasteiger partial charge on any atom is 0.273 e. The number of rotatable bonds is 2. The summed E-state index contributed by atoms with van der Waals surface area (Å²) in [6.45, 7) is 0.675. The molecule has 0 saturated carbocycles. The number of benzene rings is 1. The molecule has 2 aromatic rings. The van der Waals surface area contributed by atoms with Crippen LogP contribution in [0.4, 0.5) is 4.39 Å². The van der Waals surface area contributed by atoms with E-state index in [1.165, 1.54) is 12.1 Å². The minimum absolute atomic E-state index is 0.0278. The highest BCUT2D eigenvalue weighted by Crippen LogP contribution is 2.33. The molecular formula is C16H14BrFN2O. The molecule has 0 spiro atoms. The average Bonchev–Trinajstić information content (AvgIpc) is 2.96. The highest BCUT2D eigenvalue weighted by Gasteiger charge is 2.31. The van der Waals surface area contributed by atoms with Crippen molar-refractivity contribution < 1.29 is 9.18 Å². The molecule has 1 atom stereocenters. The Kier molecular flexibility index (Phi) is 4.01. The van der Waals surface area contributed by atoms with E-state index in [1.807, 2.05) is 24.3 Å². The van der Waals surface area contributed by atoms with Crippen LogP contribution in [-0.2, 0) is 0 Å². The Hall–Kier alpha value is -1.75. The number of carbonyl (C=O) groups is 1. The molecule has 0 N–H and O–H groups in total. The van der Waals surface area contributed by atoms with Gasteiger partial charge >= 0.3 is 0 Å². The molecule has 1 fully saturated rings. The smallest absolute Gasteiger partial charge is 0.273 e. The van der Waals surface area contributed by atoms with Crippen LogP contribution in [0.25, 0.3) is 0 Å². The first-order valence-electron chi connectivity index (χ1n) is 6.84. The van der Waals surface area contributed by atoms with Crippen LogP contribution in [0, 0.1) is 5.95 Å². The predicted molar refractivity (Wildman–Crippen MR) is 81.3 cm³/mol. The van der Waals surface area contributed by atoms with Crippen molar-refractivity contribution in [2.24, 2.45) is 0 Å². The summed E-state index contributed by atoms with van der Waals surface area (Å²) < 4.78 is 14.2. The summed E-state index contributed by atoms with van der Waals surface area (Å²) in [5, 5.41) is 0. The Morgan fingerprint density at radius 1 is 1.29 bits per heavy atom. The zero-order valence-electron chi connectivity index (χ0n) is 11.3. The van der Waals surface area contributed by atoms with E-state index in [1.54, 1.807) is 11.0 Å². The van der Waals surface area contributed by atoms with Gasteiger partial charge in [0.2, 0.25) is 5.95 Å². The second-order valence-electron chi connectivity index (χ2n) is 5.06. The topological polar surface area (TPSA) is 33.2 Å². The van der Waals surface area contributed by atoms with Gasteiger partial charge in [-0.05, 0) is 42.7 Å². The summed E-state index contributed by atoms with van der Waals surface area (Å²) in [6.07, 6.45) is 1.86. The van der Waals surface area contributed by atoms with E-state index in [-0.39, 0.29) is 17.6 Å². The number of likely N-dealkylation sites (tertiary alicyclic amines) is 1. The van der Waals surface area contributed by atoms with Crippen LogP contribution in [0.2, 0.25) is 0 Å². The summed E-state index contributed by atoms with van der Waals surface area (Å²) in [7, 11) is 0. The molecule has 1 aromatic carbocycles. The summed E-state index contributed by atoms with van der Waals surface area (Å²) >= 11 is 3.46. The molecule has 2 heterocycles. The van der Waals surface area contributed by atoms with E-state index in [9.17, 15) is 9.18 Å². The monoisotopic (exact) mass is 348 g/mol. The lowest BCUT2D eigenvalue weighted by Crippen LogP contribution is -2.31. The van der Waals surface area contributed by atoms with Crippen molar-refractivity contribution in [2.45, 2.75) is 18.9 Å². The third-order valence-corrected chi connectivity index (χ3v) is 4.17. The first-order valence-corrected chi connectivity index (χ1v) is 7.63. The van der Waals surface area contributed by atoms with E-state index >= 15 is 0 Å². The summed E-state index contributed by atoms with van der Waals surface area (Å²) in [6, 6.07) is 12.3. The first kappa shape index (κ1) is 14.2. The van der Waals surface area contributed by atoms with Gasteiger partial charge in [-0.1, -0.05) is 34.1 Å². The molecule has 0 bridgehead atoms. The fraction of sp³-hybridized carbons (Fsp3) is 0.250. The zero-order valence-corrected chi connectivity index (χ0v) is 12.9. The number of halogens is 2. The average molecular weight is 349 g/mol. The zero-order chi connectivity index (χ0) is 14.8. The van der Waals surface area contributed by atoms with Gasteiger partial charge in [0.15, 0.2) is 0 Å². The highest BCUT2D eigenvalue weighted by molar-refractivity contribution is 9.10. The molecule has 1 saturated heterocycles. The second kappa shape index (κ2) is 5.93. The van der Waals surface area contributed by atoms with Gasteiger partial charge in [0.1, 0.15) is 5.69 Å². The molecule has 5 heteroatoms. The van der Waals surface area contributed by atoms with Crippen LogP contribution in [0.3, 0.4) is 0 Å². The van der Waals surface area contributed by atoms with Gasteiger partial charge in [0.25, 0.3) is 5.91 Å². The third kappa shape index (κ3) is 2.97. The van der Waals surface area contributed by atoms with Crippen LogP contribution in [0.1, 0.15) is 34.9 Å². The number of carbonyl (C=O) groups excluding carboxylic acids is 1. The molecule has 1 aliphatic heterocycles. The minimum Gasteiger partial charge on any atom is -0.330 e. The number of hydrogen-bond donors (Lipinski definition) is 0. The molecule has 108 valence electrons. The van der Waals surface area contributed by atoms with E-state index in [2.05, 4.69) is 20.9 Å². The first-order chi connectivity index (χ1) is 10.1. The Morgan fingerprint density at radius 3 is 2.86 bits per heavy atom. The van der Waals surface area contributed by atoms with E-state index in [4.69, 9.17) is 0 Å². The molecule has 1 unspecified atom stereocenters. The SMILES string of the molecule is O=C(c1cccc(F)n1)N1CCCC1c1cccc(Br)c1. The van der Waals surface area contributed by atoms with Crippen LogP contribution in [0.15, 0.2) is 46.9 Å². The second-order valence-corrected chi connectivity index (χ2v) is 5.97. The number of pyridine rings is 1. The molecule has 1 aromatic heterocycles. The van der Waals surface area contributed by atoms with Crippen LogP contribution in [-0.4, -0.2) is 22.3 Å². The number of aromatic nitrogens is 1. The quantitative estimate of drug-likeness (QED) is 0.769. The minimum atomic E-state index is -0.626. The van der Waals surface area contributed by atoms with Crippen molar-refractivity contribution in [2.75, 3.05) is 6.54 Å². The van der Waals surface area contributed by atoms with Crippen molar-refractivity contribution in [3.8, 4) is 0 Å². The van der Waals surface area contributed by atoms with Crippen molar-refractivity contribution in [1.29, 1.82) is 0 Å². The normalized spacial score (nSPS) is 18.0. The third-order valence-electron chi connectivity index (χ3n) is 3.68. The summed E-state index contributed by atoms with van der Waals surface area (Å²) in [4.78, 5) is 18.0. The Morgan fingerprint density at radius 2 is 2.10 bits per heavy atom. The lowest BCUT2D eigenvalue weighted by Gasteiger charge is -2.25. The Labute approximate surface area is 130 Å². The van der Waals surface area contributed by atoms with E-state index in [0.717, 1.165) is 22.9 Å². The van der Waals surface area contributed by atoms with Gasteiger partial charge in [-0.3, -0.25) is 4.79 Å². The predicted octanol–water partition coefficient (Wildman–Crippen LogP) is 3.96.